The molecular weight excluding hydrogens is 232 g/mol. The minimum atomic E-state index is -0.837. The third-order valence-corrected chi connectivity index (χ3v) is 2.03. The molecule has 0 spiro atoms. The molecule has 0 bridgehead atoms. The van der Waals surface area contributed by atoms with Gasteiger partial charge in [0.25, 0.3) is 0 Å². The average Bonchev–Trinajstić information content (AvgIpc) is 2.13. The smallest absolute Gasteiger partial charge is 0.176 e. The van der Waals surface area contributed by atoms with Gasteiger partial charge >= 0.3 is 0 Å². The summed E-state index contributed by atoms with van der Waals surface area (Å²) in [5, 5.41) is 17.3. The molecule has 64 valence electrons. The van der Waals surface area contributed by atoms with Gasteiger partial charge in [0.1, 0.15) is 5.82 Å². The van der Waals surface area contributed by atoms with Crippen molar-refractivity contribution in [3.05, 3.63) is 22.2 Å². The molecule has 0 atom stereocenters. The van der Waals surface area contributed by atoms with E-state index < -0.39 is 5.92 Å². The number of aromatic nitrogens is 2. The lowest BCUT2D eigenvalue weighted by molar-refractivity contribution is 0.926. The first-order valence-corrected chi connectivity index (χ1v) is 4.26. The maximum atomic E-state index is 8.64. The van der Waals surface area contributed by atoms with E-state index >= 15 is 0 Å². The van der Waals surface area contributed by atoms with Gasteiger partial charge < -0.3 is 0 Å². The summed E-state index contributed by atoms with van der Waals surface area (Å²) in [4.78, 5) is 7.93. The highest BCUT2D eigenvalue weighted by Gasteiger charge is 2.14. The highest BCUT2D eigenvalue weighted by Crippen LogP contribution is 2.21. The van der Waals surface area contributed by atoms with E-state index in [4.69, 9.17) is 10.5 Å². The van der Waals surface area contributed by atoms with Crippen LogP contribution in [0.4, 0.5) is 0 Å². The van der Waals surface area contributed by atoms with Crippen LogP contribution in [-0.2, 0) is 0 Å². The van der Waals surface area contributed by atoms with E-state index in [-0.39, 0.29) is 0 Å². The molecule has 1 aromatic rings. The Labute approximate surface area is 84.0 Å². The number of hydrogen-bond acceptors (Lipinski definition) is 4. The minimum Gasteiger partial charge on any atom is -0.240 e. The molecule has 0 fully saturated rings. The predicted octanol–water partition coefficient (Wildman–Crippen LogP) is 1.68. The van der Waals surface area contributed by atoms with Crippen LogP contribution in [0.1, 0.15) is 17.4 Å². The van der Waals surface area contributed by atoms with E-state index in [2.05, 4.69) is 25.9 Å². The van der Waals surface area contributed by atoms with E-state index in [9.17, 15) is 0 Å². The van der Waals surface area contributed by atoms with Crippen LogP contribution in [0.5, 0.6) is 0 Å². The fraction of sp³-hybridized carbons (Fsp3) is 0.250. The van der Waals surface area contributed by atoms with Crippen molar-refractivity contribution in [2.75, 3.05) is 0 Å². The third-order valence-electron chi connectivity index (χ3n) is 1.42. The fourth-order valence-electron chi connectivity index (χ4n) is 0.826. The van der Waals surface area contributed by atoms with Gasteiger partial charge in [-0.2, -0.15) is 10.5 Å². The zero-order valence-corrected chi connectivity index (χ0v) is 8.41. The summed E-state index contributed by atoms with van der Waals surface area (Å²) < 4.78 is 0.589. The molecule has 1 aromatic heterocycles. The minimum absolute atomic E-state index is 0.428. The summed E-state index contributed by atoms with van der Waals surface area (Å²) in [7, 11) is 0. The molecule has 0 aliphatic carbocycles. The van der Waals surface area contributed by atoms with Crippen molar-refractivity contribution >= 4 is 15.9 Å². The van der Waals surface area contributed by atoms with Crippen molar-refractivity contribution in [3.8, 4) is 12.1 Å². The molecule has 1 heterocycles. The van der Waals surface area contributed by atoms with Gasteiger partial charge in [-0.15, -0.1) is 0 Å². The van der Waals surface area contributed by atoms with E-state index in [0.29, 0.717) is 16.0 Å². The van der Waals surface area contributed by atoms with Gasteiger partial charge in [0.05, 0.1) is 22.3 Å². The fourth-order valence-corrected chi connectivity index (χ4v) is 1.25. The quantitative estimate of drug-likeness (QED) is 0.744. The first-order chi connectivity index (χ1) is 6.19. The number of halogens is 1. The summed E-state index contributed by atoms with van der Waals surface area (Å²) in [5.74, 6) is -0.287. The number of nitriles is 2. The topological polar surface area (TPSA) is 73.4 Å². The molecule has 0 aliphatic heterocycles. The van der Waals surface area contributed by atoms with Gasteiger partial charge in [-0.05, 0) is 22.9 Å². The van der Waals surface area contributed by atoms with Gasteiger partial charge in [0, 0.05) is 6.20 Å². The summed E-state index contributed by atoms with van der Waals surface area (Å²) in [5.41, 5.74) is 0.428. The molecule has 0 saturated heterocycles. The van der Waals surface area contributed by atoms with Crippen molar-refractivity contribution in [3.63, 3.8) is 0 Å². The van der Waals surface area contributed by atoms with Crippen molar-refractivity contribution in [2.45, 2.75) is 12.8 Å². The third kappa shape index (κ3) is 2.01. The molecule has 0 radical (unpaired) electrons. The zero-order valence-electron chi connectivity index (χ0n) is 6.82. The lowest BCUT2D eigenvalue weighted by atomic mass is 10.1. The molecule has 0 unspecified atom stereocenters. The first-order valence-electron chi connectivity index (χ1n) is 3.47. The Balaban J connectivity index is 3.23. The molecule has 0 N–H and O–H groups in total. The SMILES string of the molecule is Cc1ncc(Br)c(C(C#N)C#N)n1. The van der Waals surface area contributed by atoms with E-state index in [1.54, 1.807) is 13.1 Å². The number of aryl methyl sites for hydroxylation is 1. The Bertz CT molecular complexity index is 388. The largest absolute Gasteiger partial charge is 0.240 e. The van der Waals surface area contributed by atoms with Crippen LogP contribution < -0.4 is 0 Å². The maximum absolute atomic E-state index is 8.64. The summed E-state index contributed by atoms with van der Waals surface area (Å²) in [6.07, 6.45) is 1.54. The van der Waals surface area contributed by atoms with Crippen LogP contribution in [0.3, 0.4) is 0 Å². The number of nitrogens with zero attached hydrogens (tertiary/aromatic N) is 4. The number of rotatable bonds is 1. The van der Waals surface area contributed by atoms with Crippen molar-refractivity contribution in [1.29, 1.82) is 10.5 Å². The van der Waals surface area contributed by atoms with E-state index in [1.807, 2.05) is 12.1 Å². The maximum Gasteiger partial charge on any atom is 0.176 e. The summed E-state index contributed by atoms with van der Waals surface area (Å²) in [6, 6.07) is 3.71. The molecule has 5 heteroatoms. The zero-order chi connectivity index (χ0) is 9.84. The van der Waals surface area contributed by atoms with E-state index in [0.717, 1.165) is 0 Å². The van der Waals surface area contributed by atoms with Crippen LogP contribution in [0.15, 0.2) is 10.7 Å². The van der Waals surface area contributed by atoms with E-state index in [1.165, 1.54) is 0 Å². The Hall–Kier alpha value is -1.46. The number of hydrogen-bond donors (Lipinski definition) is 0. The summed E-state index contributed by atoms with van der Waals surface area (Å²) in [6.45, 7) is 1.71. The molecule has 4 nitrogen and oxygen atoms in total. The van der Waals surface area contributed by atoms with Crippen LogP contribution in [0.2, 0.25) is 0 Å². The van der Waals surface area contributed by atoms with Crippen molar-refractivity contribution in [2.24, 2.45) is 0 Å². The second-order valence-electron chi connectivity index (χ2n) is 2.34. The molecule has 0 saturated carbocycles. The second kappa shape index (κ2) is 3.97. The van der Waals surface area contributed by atoms with Gasteiger partial charge in [0.2, 0.25) is 0 Å². The molecule has 0 aliphatic rings. The second-order valence-corrected chi connectivity index (χ2v) is 3.20. The van der Waals surface area contributed by atoms with Crippen molar-refractivity contribution < 1.29 is 0 Å². The van der Waals surface area contributed by atoms with Gasteiger partial charge in [-0.25, -0.2) is 9.97 Å². The Morgan fingerprint density at radius 1 is 1.46 bits per heavy atom. The van der Waals surface area contributed by atoms with Gasteiger partial charge in [-0.1, -0.05) is 0 Å². The molecule has 1 rings (SSSR count). The standard InChI is InChI=1S/C8H5BrN4/c1-5-12-4-7(9)8(13-5)6(2-10)3-11/h4,6H,1H3. The lowest BCUT2D eigenvalue weighted by Crippen LogP contribution is -2.00. The van der Waals surface area contributed by atoms with Gasteiger partial charge in [-0.3, -0.25) is 0 Å². The highest BCUT2D eigenvalue weighted by atomic mass is 79.9. The normalized spacial score (nSPS) is 9.31. The predicted molar refractivity (Wildman–Crippen MR) is 48.4 cm³/mol. The average molecular weight is 237 g/mol. The molecule has 13 heavy (non-hydrogen) atoms. The van der Waals surface area contributed by atoms with Crippen LogP contribution in [0.25, 0.3) is 0 Å². The Morgan fingerprint density at radius 2 is 2.08 bits per heavy atom. The van der Waals surface area contributed by atoms with Crippen LogP contribution >= 0.6 is 15.9 Å². The molecule has 0 amide bonds. The Morgan fingerprint density at radius 3 is 2.62 bits per heavy atom. The summed E-state index contributed by atoms with van der Waals surface area (Å²) >= 11 is 3.19. The van der Waals surface area contributed by atoms with Crippen LogP contribution in [-0.4, -0.2) is 9.97 Å². The van der Waals surface area contributed by atoms with Gasteiger partial charge in [0.15, 0.2) is 5.92 Å². The first kappa shape index (κ1) is 9.63. The molecule has 0 aromatic carbocycles. The Kier molecular flexibility index (Phi) is 2.94. The van der Waals surface area contributed by atoms with Crippen molar-refractivity contribution in [1.82, 2.24) is 9.97 Å². The lowest BCUT2D eigenvalue weighted by Gasteiger charge is -2.02. The highest BCUT2D eigenvalue weighted by molar-refractivity contribution is 9.10. The monoisotopic (exact) mass is 236 g/mol. The molecular formula is C8H5BrN4. The van der Waals surface area contributed by atoms with Crippen LogP contribution in [0, 0.1) is 29.6 Å².